The summed E-state index contributed by atoms with van der Waals surface area (Å²) in [6.45, 7) is 1.58. The van der Waals surface area contributed by atoms with Crippen molar-refractivity contribution in [1.82, 2.24) is 5.32 Å². The van der Waals surface area contributed by atoms with Gasteiger partial charge in [-0.05, 0) is 25.5 Å². The Balaban J connectivity index is 2.34. The Bertz CT molecular complexity index is 408. The first kappa shape index (κ1) is 15.3. The first-order chi connectivity index (χ1) is 9.17. The van der Waals surface area contributed by atoms with Gasteiger partial charge >= 0.3 is 0 Å². The van der Waals surface area contributed by atoms with Crippen LogP contribution in [0, 0.1) is 0 Å². The van der Waals surface area contributed by atoms with Crippen LogP contribution in [0.25, 0.3) is 0 Å². The van der Waals surface area contributed by atoms with Gasteiger partial charge in [0.1, 0.15) is 11.5 Å². The van der Waals surface area contributed by atoms with E-state index < -0.39 is 0 Å². The summed E-state index contributed by atoms with van der Waals surface area (Å²) in [6.07, 6.45) is 2.21. The molecule has 5 nitrogen and oxygen atoms in total. The van der Waals surface area contributed by atoms with E-state index in [0.717, 1.165) is 43.0 Å². The summed E-state index contributed by atoms with van der Waals surface area (Å²) in [5, 5.41) is 3.31. The molecule has 0 aromatic heterocycles. The molecule has 0 spiro atoms. The second kappa shape index (κ2) is 8.37. The normalized spacial score (nSPS) is 10.2. The van der Waals surface area contributed by atoms with Gasteiger partial charge in [0.15, 0.2) is 0 Å². The summed E-state index contributed by atoms with van der Waals surface area (Å²) >= 11 is 0. The fraction of sp³-hybridized carbons (Fsp3) is 0.500. The van der Waals surface area contributed by atoms with Crippen molar-refractivity contribution in [2.75, 3.05) is 20.8 Å². The zero-order chi connectivity index (χ0) is 14.1. The molecule has 3 N–H and O–H groups in total. The molecule has 0 aliphatic carbocycles. The number of carbonyl (C=O) groups is 1. The molecular formula is C14H22N2O3. The predicted octanol–water partition coefficient (Wildman–Crippen LogP) is 1.45. The lowest BCUT2D eigenvalue weighted by Gasteiger charge is -2.11. The number of methoxy groups -OCH3 is 2. The fourth-order valence-electron chi connectivity index (χ4n) is 1.77. The molecule has 0 fully saturated rings. The van der Waals surface area contributed by atoms with Crippen LogP contribution < -0.4 is 20.5 Å². The van der Waals surface area contributed by atoms with E-state index in [2.05, 4.69) is 5.32 Å². The number of amides is 1. The van der Waals surface area contributed by atoms with Gasteiger partial charge < -0.3 is 20.5 Å². The molecule has 0 radical (unpaired) electrons. The number of carbonyl (C=O) groups excluding carboxylic acids is 1. The fourth-order valence-corrected chi connectivity index (χ4v) is 1.77. The summed E-state index contributed by atoms with van der Waals surface area (Å²) in [7, 11) is 3.27. The second-order valence-corrected chi connectivity index (χ2v) is 4.28. The van der Waals surface area contributed by atoms with Gasteiger partial charge in [0.2, 0.25) is 5.91 Å². The van der Waals surface area contributed by atoms with Crippen molar-refractivity contribution in [1.29, 1.82) is 0 Å². The Morgan fingerprint density at radius 3 is 2.68 bits per heavy atom. The zero-order valence-corrected chi connectivity index (χ0v) is 11.6. The lowest BCUT2D eigenvalue weighted by molar-refractivity contribution is -0.118. The van der Waals surface area contributed by atoms with Gasteiger partial charge in [0.05, 0.1) is 14.2 Å². The number of benzene rings is 1. The third-order valence-corrected chi connectivity index (χ3v) is 2.84. The topological polar surface area (TPSA) is 73.6 Å². The van der Waals surface area contributed by atoms with Crippen LogP contribution >= 0.6 is 0 Å². The molecule has 1 amide bonds. The molecule has 1 aromatic carbocycles. The molecule has 0 saturated carbocycles. The maximum Gasteiger partial charge on any atom is 0.217 e. The van der Waals surface area contributed by atoms with E-state index in [-0.39, 0.29) is 5.91 Å². The number of primary amides is 1. The SMILES string of the molecule is COc1ccc(CNCCCCC(N)=O)c(OC)c1. The Morgan fingerprint density at radius 1 is 1.26 bits per heavy atom. The van der Waals surface area contributed by atoms with Gasteiger partial charge in [-0.1, -0.05) is 6.07 Å². The maximum atomic E-state index is 10.6. The summed E-state index contributed by atoms with van der Waals surface area (Å²) in [5.41, 5.74) is 6.16. The van der Waals surface area contributed by atoms with Crippen LogP contribution in [0.3, 0.4) is 0 Å². The third kappa shape index (κ3) is 5.61. The molecule has 0 atom stereocenters. The van der Waals surface area contributed by atoms with Crippen LogP contribution in [-0.4, -0.2) is 26.7 Å². The number of nitrogens with one attached hydrogen (secondary N) is 1. The van der Waals surface area contributed by atoms with E-state index in [1.165, 1.54) is 0 Å². The van der Waals surface area contributed by atoms with Gasteiger partial charge in [-0.25, -0.2) is 0 Å². The number of ether oxygens (including phenoxy) is 2. The van der Waals surface area contributed by atoms with Crippen LogP contribution in [0.5, 0.6) is 11.5 Å². The highest BCUT2D eigenvalue weighted by Crippen LogP contribution is 2.24. The first-order valence-corrected chi connectivity index (χ1v) is 6.37. The molecule has 0 heterocycles. The summed E-state index contributed by atoms with van der Waals surface area (Å²) < 4.78 is 10.5. The van der Waals surface area contributed by atoms with Gasteiger partial charge in [-0.15, -0.1) is 0 Å². The van der Waals surface area contributed by atoms with E-state index in [4.69, 9.17) is 15.2 Å². The van der Waals surface area contributed by atoms with Crippen LogP contribution in [-0.2, 0) is 11.3 Å². The molecule has 0 aliphatic rings. The summed E-state index contributed by atoms with van der Waals surface area (Å²) in [6, 6.07) is 5.75. The van der Waals surface area contributed by atoms with E-state index >= 15 is 0 Å². The quantitative estimate of drug-likeness (QED) is 0.663. The average molecular weight is 266 g/mol. The van der Waals surface area contributed by atoms with Crippen LogP contribution in [0.2, 0.25) is 0 Å². The van der Waals surface area contributed by atoms with E-state index in [9.17, 15) is 4.79 Å². The molecule has 5 heteroatoms. The van der Waals surface area contributed by atoms with Gasteiger partial charge in [-0.3, -0.25) is 4.79 Å². The molecule has 0 bridgehead atoms. The average Bonchev–Trinajstić information content (AvgIpc) is 2.42. The minimum atomic E-state index is -0.239. The molecule has 0 aliphatic heterocycles. The third-order valence-electron chi connectivity index (χ3n) is 2.84. The van der Waals surface area contributed by atoms with E-state index in [0.29, 0.717) is 6.42 Å². The predicted molar refractivity (Wildman–Crippen MR) is 74.3 cm³/mol. The first-order valence-electron chi connectivity index (χ1n) is 6.37. The van der Waals surface area contributed by atoms with Crippen LogP contribution in [0.1, 0.15) is 24.8 Å². The largest absolute Gasteiger partial charge is 0.497 e. The van der Waals surface area contributed by atoms with Crippen molar-refractivity contribution in [3.05, 3.63) is 23.8 Å². The van der Waals surface area contributed by atoms with Crippen LogP contribution in [0.15, 0.2) is 18.2 Å². The monoisotopic (exact) mass is 266 g/mol. The van der Waals surface area contributed by atoms with Crippen LogP contribution in [0.4, 0.5) is 0 Å². The highest BCUT2D eigenvalue weighted by Gasteiger charge is 2.04. The van der Waals surface area contributed by atoms with Crippen molar-refractivity contribution in [3.63, 3.8) is 0 Å². The van der Waals surface area contributed by atoms with E-state index in [1.54, 1.807) is 14.2 Å². The molecule has 106 valence electrons. The second-order valence-electron chi connectivity index (χ2n) is 4.28. The van der Waals surface area contributed by atoms with Crippen molar-refractivity contribution < 1.29 is 14.3 Å². The zero-order valence-electron chi connectivity index (χ0n) is 11.6. The number of hydrogen-bond acceptors (Lipinski definition) is 4. The maximum absolute atomic E-state index is 10.6. The lowest BCUT2D eigenvalue weighted by atomic mass is 10.2. The number of nitrogens with two attached hydrogens (primary N) is 1. The van der Waals surface area contributed by atoms with Gasteiger partial charge in [0, 0.05) is 24.6 Å². The van der Waals surface area contributed by atoms with Crippen molar-refractivity contribution in [3.8, 4) is 11.5 Å². The summed E-state index contributed by atoms with van der Waals surface area (Å²) in [5.74, 6) is 1.35. The highest BCUT2D eigenvalue weighted by molar-refractivity contribution is 5.73. The lowest BCUT2D eigenvalue weighted by Crippen LogP contribution is -2.16. The molecule has 19 heavy (non-hydrogen) atoms. The summed E-state index contributed by atoms with van der Waals surface area (Å²) in [4.78, 5) is 10.6. The van der Waals surface area contributed by atoms with E-state index in [1.807, 2.05) is 18.2 Å². The van der Waals surface area contributed by atoms with Crippen molar-refractivity contribution in [2.24, 2.45) is 5.73 Å². The Hall–Kier alpha value is -1.75. The molecule has 0 unspecified atom stereocenters. The minimum absolute atomic E-state index is 0.239. The minimum Gasteiger partial charge on any atom is -0.497 e. The van der Waals surface area contributed by atoms with Gasteiger partial charge in [0.25, 0.3) is 0 Å². The van der Waals surface area contributed by atoms with Gasteiger partial charge in [-0.2, -0.15) is 0 Å². The Labute approximate surface area is 114 Å². The number of rotatable bonds is 9. The molecule has 1 rings (SSSR count). The smallest absolute Gasteiger partial charge is 0.217 e. The molecule has 0 saturated heterocycles. The number of unbranched alkanes of at least 4 members (excludes halogenated alkanes) is 1. The molecular weight excluding hydrogens is 244 g/mol. The highest BCUT2D eigenvalue weighted by atomic mass is 16.5. The Kier molecular flexibility index (Phi) is 6.74. The molecule has 1 aromatic rings. The Morgan fingerprint density at radius 2 is 2.05 bits per heavy atom. The number of hydrogen-bond donors (Lipinski definition) is 2. The van der Waals surface area contributed by atoms with Crippen molar-refractivity contribution >= 4 is 5.91 Å². The standard InChI is InChI=1S/C14H22N2O3/c1-18-12-7-6-11(13(9-12)19-2)10-16-8-4-3-5-14(15)17/h6-7,9,16H,3-5,8,10H2,1-2H3,(H2,15,17). The van der Waals surface area contributed by atoms with Crippen molar-refractivity contribution in [2.45, 2.75) is 25.8 Å².